The maximum atomic E-state index is 13.1. The van der Waals surface area contributed by atoms with E-state index in [0.717, 1.165) is 70.8 Å². The highest BCUT2D eigenvalue weighted by Crippen LogP contribution is 2.28. The minimum absolute atomic E-state index is 0.121. The van der Waals surface area contributed by atoms with Crippen molar-refractivity contribution in [2.75, 3.05) is 57.3 Å². The Hall–Kier alpha value is -1.92. The second-order valence-corrected chi connectivity index (χ2v) is 8.65. The number of rotatable bonds is 4. The number of fused-ring (bicyclic) bond motifs is 1. The van der Waals surface area contributed by atoms with Crippen LogP contribution in [0.25, 0.3) is 0 Å². The Morgan fingerprint density at radius 2 is 1.59 bits per heavy atom. The number of hydrogen-bond donors (Lipinski definition) is 0. The maximum Gasteiger partial charge on any atom is 0.244 e. The molecule has 0 aromatic heterocycles. The highest BCUT2D eigenvalue weighted by Gasteiger charge is 2.32. The Balaban J connectivity index is 1.27. The van der Waals surface area contributed by atoms with Crippen LogP contribution in [0.2, 0.25) is 0 Å². The van der Waals surface area contributed by atoms with E-state index >= 15 is 0 Å². The van der Waals surface area contributed by atoms with Gasteiger partial charge in [0, 0.05) is 51.5 Å². The Labute approximate surface area is 174 Å². The van der Waals surface area contributed by atoms with Gasteiger partial charge in [0.05, 0.1) is 12.6 Å². The van der Waals surface area contributed by atoms with E-state index in [1.165, 1.54) is 18.4 Å². The van der Waals surface area contributed by atoms with Crippen molar-refractivity contribution < 1.29 is 9.59 Å². The molecule has 0 radical (unpaired) electrons. The number of hydrogen-bond acceptors (Lipinski definition) is 4. The standard InChI is InChI=1S/C23H34N4O2/c1-19(23(29)27-13-10-20-8-4-5-9-21(20)27)25-16-14-24(15-17-25)18-22(28)26-11-6-2-3-7-12-26/h4-5,8-9,19H,2-3,6-7,10-18H2,1H3/t19-/m1/s1. The van der Waals surface area contributed by atoms with Crippen molar-refractivity contribution in [3.63, 3.8) is 0 Å². The molecule has 2 amide bonds. The van der Waals surface area contributed by atoms with E-state index in [1.54, 1.807) is 0 Å². The van der Waals surface area contributed by atoms with Gasteiger partial charge >= 0.3 is 0 Å². The molecule has 4 rings (SSSR count). The highest BCUT2D eigenvalue weighted by molar-refractivity contribution is 5.98. The lowest BCUT2D eigenvalue weighted by Crippen LogP contribution is -2.55. The predicted octanol–water partition coefficient (Wildman–Crippen LogP) is 1.98. The summed E-state index contributed by atoms with van der Waals surface area (Å²) >= 11 is 0. The molecule has 6 heteroatoms. The molecule has 29 heavy (non-hydrogen) atoms. The molecule has 0 saturated carbocycles. The summed E-state index contributed by atoms with van der Waals surface area (Å²) in [5.41, 5.74) is 2.34. The van der Waals surface area contributed by atoms with Gasteiger partial charge in [0.1, 0.15) is 0 Å². The largest absolute Gasteiger partial charge is 0.342 e. The number of carbonyl (C=O) groups excluding carboxylic acids is 2. The molecule has 0 spiro atoms. The van der Waals surface area contributed by atoms with E-state index < -0.39 is 0 Å². The summed E-state index contributed by atoms with van der Waals surface area (Å²) in [4.78, 5) is 34.3. The smallest absolute Gasteiger partial charge is 0.244 e. The van der Waals surface area contributed by atoms with Crippen molar-refractivity contribution in [3.05, 3.63) is 29.8 Å². The van der Waals surface area contributed by atoms with E-state index in [9.17, 15) is 9.59 Å². The molecule has 2 saturated heterocycles. The number of carbonyl (C=O) groups is 2. The van der Waals surface area contributed by atoms with Crippen LogP contribution in [0.5, 0.6) is 0 Å². The lowest BCUT2D eigenvalue weighted by atomic mass is 10.1. The Kier molecular flexibility index (Phi) is 6.50. The predicted molar refractivity (Wildman–Crippen MR) is 115 cm³/mol. The Bertz CT molecular complexity index is 721. The number of nitrogens with zero attached hydrogens (tertiary/aromatic N) is 4. The molecular formula is C23H34N4O2. The first-order valence-electron chi connectivity index (χ1n) is 11.3. The normalized spacial score (nSPS) is 22.2. The zero-order valence-corrected chi connectivity index (χ0v) is 17.7. The topological polar surface area (TPSA) is 47.1 Å². The fraction of sp³-hybridized carbons (Fsp3) is 0.652. The van der Waals surface area contributed by atoms with E-state index in [2.05, 4.69) is 26.8 Å². The van der Waals surface area contributed by atoms with Gasteiger partial charge in [-0.25, -0.2) is 0 Å². The van der Waals surface area contributed by atoms with Crippen LogP contribution in [0.15, 0.2) is 24.3 Å². The van der Waals surface area contributed by atoms with Gasteiger partial charge < -0.3 is 9.80 Å². The van der Waals surface area contributed by atoms with Crippen molar-refractivity contribution in [1.82, 2.24) is 14.7 Å². The van der Waals surface area contributed by atoms with E-state index in [-0.39, 0.29) is 17.9 Å². The molecule has 0 bridgehead atoms. The van der Waals surface area contributed by atoms with Gasteiger partial charge in [-0.3, -0.25) is 19.4 Å². The van der Waals surface area contributed by atoms with Crippen LogP contribution in [0.4, 0.5) is 5.69 Å². The molecular weight excluding hydrogens is 364 g/mol. The molecule has 1 aromatic rings. The van der Waals surface area contributed by atoms with Crippen LogP contribution in [-0.2, 0) is 16.0 Å². The summed E-state index contributed by atoms with van der Waals surface area (Å²) < 4.78 is 0. The van der Waals surface area contributed by atoms with E-state index in [0.29, 0.717) is 6.54 Å². The molecule has 1 aromatic carbocycles. The first-order valence-corrected chi connectivity index (χ1v) is 11.3. The minimum atomic E-state index is -0.121. The second kappa shape index (κ2) is 9.26. The molecule has 158 valence electrons. The monoisotopic (exact) mass is 398 g/mol. The van der Waals surface area contributed by atoms with E-state index in [1.807, 2.05) is 24.0 Å². The van der Waals surface area contributed by atoms with Crippen molar-refractivity contribution in [2.45, 2.75) is 45.1 Å². The van der Waals surface area contributed by atoms with Gasteiger partial charge in [-0.15, -0.1) is 0 Å². The van der Waals surface area contributed by atoms with Crippen molar-refractivity contribution in [1.29, 1.82) is 0 Å². The van der Waals surface area contributed by atoms with Crippen LogP contribution >= 0.6 is 0 Å². The number of piperazine rings is 1. The van der Waals surface area contributed by atoms with Crippen LogP contribution < -0.4 is 4.90 Å². The van der Waals surface area contributed by atoms with Crippen molar-refractivity contribution >= 4 is 17.5 Å². The third kappa shape index (κ3) is 4.64. The molecule has 3 aliphatic heterocycles. The van der Waals surface area contributed by atoms with Gasteiger partial charge in [-0.2, -0.15) is 0 Å². The van der Waals surface area contributed by atoms with Gasteiger partial charge in [0.15, 0.2) is 0 Å². The summed E-state index contributed by atoms with van der Waals surface area (Å²) in [6.45, 7) is 8.57. The number of likely N-dealkylation sites (tertiary alicyclic amines) is 1. The first-order chi connectivity index (χ1) is 14.1. The average molecular weight is 399 g/mol. The first kappa shape index (κ1) is 20.4. The van der Waals surface area contributed by atoms with E-state index in [4.69, 9.17) is 0 Å². The number of anilines is 1. The summed E-state index contributed by atoms with van der Waals surface area (Å²) in [5, 5.41) is 0. The number of amides is 2. The maximum absolute atomic E-state index is 13.1. The lowest BCUT2D eigenvalue weighted by molar-refractivity contribution is -0.133. The van der Waals surface area contributed by atoms with Crippen LogP contribution in [0.1, 0.15) is 38.2 Å². The molecule has 3 heterocycles. The third-order valence-corrected chi connectivity index (χ3v) is 6.78. The lowest BCUT2D eigenvalue weighted by Gasteiger charge is -2.38. The summed E-state index contributed by atoms with van der Waals surface area (Å²) in [7, 11) is 0. The van der Waals surface area contributed by atoms with Gasteiger partial charge in [-0.1, -0.05) is 31.0 Å². The summed E-state index contributed by atoms with van der Waals surface area (Å²) in [6.07, 6.45) is 5.71. The molecule has 0 unspecified atom stereocenters. The average Bonchev–Trinajstić information content (AvgIpc) is 2.98. The fourth-order valence-corrected chi connectivity index (χ4v) is 4.87. The third-order valence-electron chi connectivity index (χ3n) is 6.78. The minimum Gasteiger partial charge on any atom is -0.342 e. The van der Waals surface area contributed by atoms with Gasteiger partial charge in [0.2, 0.25) is 11.8 Å². The quantitative estimate of drug-likeness (QED) is 0.778. The number of benzene rings is 1. The van der Waals surface area contributed by atoms with Crippen LogP contribution in [0, 0.1) is 0 Å². The Morgan fingerprint density at radius 3 is 2.31 bits per heavy atom. The molecule has 0 N–H and O–H groups in total. The molecule has 3 aliphatic rings. The SMILES string of the molecule is C[C@H](C(=O)N1CCc2ccccc21)N1CCN(CC(=O)N2CCCCCC2)CC1. The number of para-hydroxylation sites is 1. The van der Waals surface area contributed by atoms with Crippen molar-refractivity contribution in [2.24, 2.45) is 0 Å². The van der Waals surface area contributed by atoms with Gasteiger partial charge in [0.25, 0.3) is 0 Å². The summed E-state index contributed by atoms with van der Waals surface area (Å²) in [6, 6.07) is 8.11. The highest BCUT2D eigenvalue weighted by atomic mass is 16.2. The fourth-order valence-electron chi connectivity index (χ4n) is 4.87. The molecule has 2 fully saturated rings. The van der Waals surface area contributed by atoms with Crippen molar-refractivity contribution in [3.8, 4) is 0 Å². The molecule has 1 atom stereocenters. The zero-order chi connectivity index (χ0) is 20.2. The molecule has 0 aliphatic carbocycles. The second-order valence-electron chi connectivity index (χ2n) is 8.65. The van der Waals surface area contributed by atoms with Gasteiger partial charge in [-0.05, 0) is 37.8 Å². The van der Waals surface area contributed by atoms with Crippen LogP contribution in [-0.4, -0.2) is 84.9 Å². The summed E-state index contributed by atoms with van der Waals surface area (Å²) in [5.74, 6) is 0.474. The molecule has 6 nitrogen and oxygen atoms in total. The zero-order valence-electron chi connectivity index (χ0n) is 17.7. The Morgan fingerprint density at radius 1 is 0.897 bits per heavy atom. The van der Waals surface area contributed by atoms with Crippen LogP contribution in [0.3, 0.4) is 0 Å².